The molecular weight excluding hydrogens is 961 g/mol. The summed E-state index contributed by atoms with van der Waals surface area (Å²) in [6.45, 7) is 6.04. The molecule has 1 N–H and O–H groups in total. The van der Waals surface area contributed by atoms with E-state index in [4.69, 9.17) is 18.9 Å². The van der Waals surface area contributed by atoms with E-state index in [2.05, 4.69) is 13.8 Å². The molecule has 2 aliphatic carbocycles. The Labute approximate surface area is 440 Å². The molecule has 0 spiro atoms. The predicted octanol–water partition coefficient (Wildman–Crippen LogP) is 8.33. The molecule has 4 aromatic rings. The molecule has 4 aromatic carbocycles. The maximum absolute atomic E-state index is 13.0. The molecule has 10 nitrogen and oxygen atoms in total. The van der Waals surface area contributed by atoms with Crippen molar-refractivity contribution in [2.24, 2.45) is 23.7 Å². The predicted molar refractivity (Wildman–Crippen MR) is 269 cm³/mol. The third kappa shape index (κ3) is 15.6. The van der Waals surface area contributed by atoms with Gasteiger partial charge in [-0.1, -0.05) is 149 Å². The second kappa shape index (κ2) is 27.6. The van der Waals surface area contributed by atoms with E-state index in [0.29, 0.717) is 49.7 Å². The number of allylic oxidation sites excluding steroid dienone is 1. The zero-order chi connectivity index (χ0) is 47.3. The van der Waals surface area contributed by atoms with E-state index in [1.54, 1.807) is 37.3 Å². The Morgan fingerprint density at radius 3 is 1.49 bits per heavy atom. The summed E-state index contributed by atoms with van der Waals surface area (Å²) in [5, 5.41) is 10.8. The molecule has 368 valence electrons. The van der Waals surface area contributed by atoms with Gasteiger partial charge in [-0.15, -0.1) is 0 Å². The number of fused-ring (bicyclic) bond motifs is 2. The summed E-state index contributed by atoms with van der Waals surface area (Å²) in [5.41, 5.74) is 4.26. The summed E-state index contributed by atoms with van der Waals surface area (Å²) < 4.78 is 22.7. The number of aliphatic hydroxyl groups is 1. The molecular formula is C58H67BrMgO10. The number of rotatable bonds is 18. The third-order valence-electron chi connectivity index (χ3n) is 13.6. The molecule has 70 heavy (non-hydrogen) atoms. The average Bonchev–Trinajstić information content (AvgIpc) is 4.06. The number of hydrogen-bond acceptors (Lipinski definition) is 10. The number of ether oxygens (including phenoxy) is 4. The van der Waals surface area contributed by atoms with Crippen molar-refractivity contribution >= 4 is 52.7 Å². The summed E-state index contributed by atoms with van der Waals surface area (Å²) in [5.74, 6) is -1.61. The summed E-state index contributed by atoms with van der Waals surface area (Å²) in [6.07, 6.45) is 14.7. The normalized spacial score (nSPS) is 23.8. The van der Waals surface area contributed by atoms with E-state index in [9.17, 15) is 29.1 Å². The van der Waals surface area contributed by atoms with Gasteiger partial charge in [0.15, 0.2) is 5.78 Å². The van der Waals surface area contributed by atoms with Gasteiger partial charge < -0.3 is 48.5 Å². The van der Waals surface area contributed by atoms with Gasteiger partial charge in [0.25, 0.3) is 0 Å². The largest absolute Gasteiger partial charge is 2.00 e. The van der Waals surface area contributed by atoms with Gasteiger partial charge in [0, 0.05) is 42.9 Å². The fraction of sp³-hybridized carbons (Fsp3) is 0.414. The van der Waals surface area contributed by atoms with Crippen LogP contribution >= 0.6 is 0 Å². The maximum atomic E-state index is 13.0. The van der Waals surface area contributed by atoms with Crippen molar-refractivity contribution in [2.45, 2.75) is 128 Å². The van der Waals surface area contributed by atoms with Crippen LogP contribution in [-0.2, 0) is 33.3 Å². The zero-order valence-corrected chi connectivity index (χ0v) is 44.0. The van der Waals surface area contributed by atoms with Crippen LogP contribution in [0.15, 0.2) is 133 Å². The number of hydrogen-bond donors (Lipinski definition) is 1. The number of unbranched alkanes of at least 4 members (excludes halogenated alkanes) is 4. The first-order valence-electron chi connectivity index (χ1n) is 24.2. The van der Waals surface area contributed by atoms with Crippen molar-refractivity contribution in [3.8, 4) is 22.3 Å². The summed E-state index contributed by atoms with van der Waals surface area (Å²) in [6, 6.07) is 34.7. The number of benzene rings is 4. The SMILES string of the molecule is CCCCCC(=O)/C=C/[C@@H]1[C@H]2CC(=O)O[C@H]2C[C@H]1OC(=O)c1ccc(-c2ccccc2)cc1.CCCCCC(C)(O)/C=C/[C@@H]1[C@H]2CC(=O)O[C@H]2C[C@H]1OC(=O)c1ccc(-c2ccccc2)cc1.[Br-].[CH3-].[Mg+2]. The molecule has 2 saturated carbocycles. The summed E-state index contributed by atoms with van der Waals surface area (Å²) >= 11 is 0. The van der Waals surface area contributed by atoms with Gasteiger partial charge in [0.05, 0.1) is 29.6 Å². The number of halogens is 1. The molecule has 0 amide bonds. The second-order valence-electron chi connectivity index (χ2n) is 18.6. The Kier molecular flexibility index (Phi) is 22.8. The van der Waals surface area contributed by atoms with E-state index in [1.165, 1.54) is 0 Å². The minimum atomic E-state index is -0.932. The van der Waals surface area contributed by atoms with Crippen molar-refractivity contribution in [3.63, 3.8) is 0 Å². The van der Waals surface area contributed by atoms with Crippen LogP contribution in [0.5, 0.6) is 0 Å². The molecule has 9 atom stereocenters. The van der Waals surface area contributed by atoms with Crippen molar-refractivity contribution < 1.29 is 65.0 Å². The fourth-order valence-electron chi connectivity index (χ4n) is 9.84. The van der Waals surface area contributed by atoms with Gasteiger partial charge in [-0.3, -0.25) is 14.4 Å². The van der Waals surface area contributed by atoms with Gasteiger partial charge in [-0.25, -0.2) is 9.59 Å². The quantitative estimate of drug-likeness (QED) is 0.0197. The Morgan fingerprint density at radius 1 is 0.629 bits per heavy atom. The fourth-order valence-corrected chi connectivity index (χ4v) is 9.84. The van der Waals surface area contributed by atoms with Gasteiger partial charge >= 0.3 is 46.9 Å². The minimum Gasteiger partial charge on any atom is -1.00 e. The summed E-state index contributed by atoms with van der Waals surface area (Å²) in [7, 11) is 0. The molecule has 8 rings (SSSR count). The van der Waals surface area contributed by atoms with Crippen molar-refractivity contribution in [3.05, 3.63) is 152 Å². The Hall–Kier alpha value is -4.88. The molecule has 4 fully saturated rings. The number of ketones is 1. The van der Waals surface area contributed by atoms with E-state index in [-0.39, 0.29) is 107 Å². The van der Waals surface area contributed by atoms with E-state index >= 15 is 0 Å². The molecule has 0 radical (unpaired) electrons. The van der Waals surface area contributed by atoms with Gasteiger partial charge in [0.1, 0.15) is 24.4 Å². The minimum absolute atomic E-state index is 0. The number of carbonyl (C=O) groups excluding carboxylic acids is 5. The van der Waals surface area contributed by atoms with Crippen molar-refractivity contribution in [2.75, 3.05) is 0 Å². The van der Waals surface area contributed by atoms with Crippen LogP contribution in [-0.4, -0.2) is 87.8 Å². The first-order chi connectivity index (χ1) is 32.4. The van der Waals surface area contributed by atoms with Gasteiger partial charge in [-0.05, 0) is 72.4 Å². The molecule has 4 aliphatic rings. The molecule has 0 aromatic heterocycles. The standard InChI is InChI=1S/C29H34O5.C28H30O5.CH3.BrH.Mg/c1-3-4-8-16-29(2,32)17-15-23-24-18-27(30)33-26(24)19-25(23)34-28(31)22-13-11-21(12-14-22)20-9-6-5-7-10-20;1-2-3-5-10-22(29)15-16-23-24-17-27(30)32-26(24)18-25(23)33-28(31)21-13-11-20(12-14-21)19-8-6-4-7-9-19;;;/h5-7,9-15,17,23-26,32H,3-4,8,16,18-19H2,1-2H3;4,6-9,11-16,23-26H,2-3,5,10,17-18H2,1H3;1H3;1H;/q;;-1;;+2/p-1/b17-15+;16-15+;;;/t23-,24-,25-,26+,29?;23-,24-,25-,26+;;;/m11.../s1. The molecule has 12 heteroatoms. The number of carbonyl (C=O) groups is 5. The smallest absolute Gasteiger partial charge is 1.00 e. The van der Waals surface area contributed by atoms with Crippen LogP contribution in [0.25, 0.3) is 22.3 Å². The van der Waals surface area contributed by atoms with Crippen molar-refractivity contribution in [1.29, 1.82) is 0 Å². The maximum Gasteiger partial charge on any atom is 2.00 e. The third-order valence-corrected chi connectivity index (χ3v) is 13.6. The van der Waals surface area contributed by atoms with E-state index in [0.717, 1.165) is 60.8 Å². The second-order valence-corrected chi connectivity index (χ2v) is 18.6. The van der Waals surface area contributed by atoms with Crippen LogP contribution in [0.1, 0.15) is 119 Å². The van der Waals surface area contributed by atoms with Gasteiger partial charge in [-0.2, -0.15) is 0 Å². The van der Waals surface area contributed by atoms with Crippen LogP contribution in [0.2, 0.25) is 0 Å². The Bertz CT molecular complexity index is 2370. The van der Waals surface area contributed by atoms with Gasteiger partial charge in [0.2, 0.25) is 0 Å². The topological polar surface area (TPSA) is 143 Å². The molecule has 0 bridgehead atoms. The molecule has 2 saturated heterocycles. The molecule has 1 unspecified atom stereocenters. The molecule has 2 aliphatic heterocycles. The monoisotopic (exact) mass is 1030 g/mol. The zero-order valence-electron chi connectivity index (χ0n) is 41.0. The van der Waals surface area contributed by atoms with Crippen LogP contribution < -0.4 is 17.0 Å². The average molecular weight is 1030 g/mol. The Balaban J connectivity index is 0.000000292. The number of esters is 4. The van der Waals surface area contributed by atoms with Crippen LogP contribution in [0.4, 0.5) is 0 Å². The van der Waals surface area contributed by atoms with Crippen molar-refractivity contribution in [1.82, 2.24) is 0 Å². The Morgan fingerprint density at radius 2 is 1.04 bits per heavy atom. The van der Waals surface area contributed by atoms with Crippen LogP contribution in [0, 0.1) is 31.1 Å². The van der Waals surface area contributed by atoms with E-state index < -0.39 is 23.8 Å². The molecule has 2 heterocycles. The summed E-state index contributed by atoms with van der Waals surface area (Å²) in [4.78, 5) is 61.7. The van der Waals surface area contributed by atoms with E-state index in [1.807, 2.05) is 103 Å². The van der Waals surface area contributed by atoms with Crippen LogP contribution in [0.3, 0.4) is 0 Å². The first-order valence-corrected chi connectivity index (χ1v) is 24.2. The first kappa shape index (κ1) is 57.7.